The van der Waals surface area contributed by atoms with E-state index in [0.29, 0.717) is 12.1 Å². The molecule has 1 aromatic carbocycles. The Bertz CT molecular complexity index is 380. The van der Waals surface area contributed by atoms with Crippen molar-refractivity contribution in [2.75, 3.05) is 13.1 Å². The third kappa shape index (κ3) is 4.02. The number of likely N-dealkylation sites (tertiary alicyclic amines) is 1. The van der Waals surface area contributed by atoms with Crippen LogP contribution in [0.3, 0.4) is 0 Å². The molecule has 2 rings (SSSR count). The topological polar surface area (TPSA) is 15.3 Å². The molecule has 1 fully saturated rings. The van der Waals surface area contributed by atoms with E-state index < -0.39 is 0 Å². The molecule has 1 aromatic rings. The fraction of sp³-hybridized carbons (Fsp3) is 0.625. The molecule has 0 bridgehead atoms. The Hall–Kier alpha value is -0.930. The number of benzene rings is 1. The summed E-state index contributed by atoms with van der Waals surface area (Å²) < 4.78 is 12.9. The summed E-state index contributed by atoms with van der Waals surface area (Å²) >= 11 is 0. The molecule has 1 aliphatic heterocycles. The number of hydrogen-bond donors (Lipinski definition) is 1. The van der Waals surface area contributed by atoms with E-state index in [4.69, 9.17) is 0 Å². The van der Waals surface area contributed by atoms with Crippen LogP contribution in [0.15, 0.2) is 24.3 Å². The molecule has 0 saturated carbocycles. The number of rotatable bonds is 4. The largest absolute Gasteiger partial charge is 0.307 e. The van der Waals surface area contributed by atoms with Crippen LogP contribution in [0, 0.1) is 5.82 Å². The molecule has 0 aromatic heterocycles. The van der Waals surface area contributed by atoms with Crippen molar-refractivity contribution >= 4 is 0 Å². The summed E-state index contributed by atoms with van der Waals surface area (Å²) in [6.45, 7) is 9.02. The fourth-order valence-electron chi connectivity index (χ4n) is 2.78. The van der Waals surface area contributed by atoms with Gasteiger partial charge in [-0.05, 0) is 64.4 Å². The van der Waals surface area contributed by atoms with Crippen molar-refractivity contribution in [3.8, 4) is 0 Å². The van der Waals surface area contributed by atoms with Crippen LogP contribution in [0.5, 0.6) is 0 Å². The van der Waals surface area contributed by atoms with E-state index in [1.807, 2.05) is 12.1 Å². The lowest BCUT2D eigenvalue weighted by molar-refractivity contribution is 0.157. The van der Waals surface area contributed by atoms with E-state index >= 15 is 0 Å². The zero-order chi connectivity index (χ0) is 13.8. The number of piperidine rings is 1. The zero-order valence-electron chi connectivity index (χ0n) is 12.2. The van der Waals surface area contributed by atoms with Gasteiger partial charge in [-0.2, -0.15) is 0 Å². The second-order valence-corrected chi connectivity index (χ2v) is 5.84. The van der Waals surface area contributed by atoms with E-state index in [0.717, 1.165) is 5.56 Å². The van der Waals surface area contributed by atoms with Crippen molar-refractivity contribution < 1.29 is 4.39 Å². The highest BCUT2D eigenvalue weighted by atomic mass is 19.1. The number of halogens is 1. The highest BCUT2D eigenvalue weighted by Crippen LogP contribution is 2.18. The first-order valence-electron chi connectivity index (χ1n) is 7.32. The van der Waals surface area contributed by atoms with Gasteiger partial charge in [0.15, 0.2) is 0 Å². The van der Waals surface area contributed by atoms with Crippen molar-refractivity contribution in [3.05, 3.63) is 35.6 Å². The molecule has 1 N–H and O–H groups in total. The molecular formula is C16H25FN2. The predicted molar refractivity (Wildman–Crippen MR) is 77.7 cm³/mol. The first-order valence-corrected chi connectivity index (χ1v) is 7.32. The maximum atomic E-state index is 12.9. The second kappa shape index (κ2) is 6.49. The van der Waals surface area contributed by atoms with Gasteiger partial charge in [-0.1, -0.05) is 12.1 Å². The molecule has 1 saturated heterocycles. The van der Waals surface area contributed by atoms with Crippen molar-refractivity contribution in [1.82, 2.24) is 10.2 Å². The highest BCUT2D eigenvalue weighted by Gasteiger charge is 2.21. The molecule has 0 radical (unpaired) electrons. The van der Waals surface area contributed by atoms with Crippen LogP contribution in [0.1, 0.15) is 45.2 Å². The molecule has 3 heteroatoms. The maximum absolute atomic E-state index is 12.9. The van der Waals surface area contributed by atoms with Crippen LogP contribution >= 0.6 is 0 Å². The smallest absolute Gasteiger partial charge is 0.123 e. The molecule has 19 heavy (non-hydrogen) atoms. The monoisotopic (exact) mass is 264 g/mol. The Morgan fingerprint density at radius 2 is 1.68 bits per heavy atom. The second-order valence-electron chi connectivity index (χ2n) is 5.84. The molecule has 1 atom stereocenters. The van der Waals surface area contributed by atoms with Crippen molar-refractivity contribution in [1.29, 1.82) is 0 Å². The predicted octanol–water partition coefficient (Wildman–Crippen LogP) is 3.35. The summed E-state index contributed by atoms with van der Waals surface area (Å²) in [5.74, 6) is -0.166. The van der Waals surface area contributed by atoms with Crippen LogP contribution in [0.4, 0.5) is 4.39 Å². The average molecular weight is 264 g/mol. The molecular weight excluding hydrogens is 239 g/mol. The summed E-state index contributed by atoms with van der Waals surface area (Å²) in [6.07, 6.45) is 2.40. The van der Waals surface area contributed by atoms with Crippen LogP contribution < -0.4 is 5.32 Å². The van der Waals surface area contributed by atoms with Gasteiger partial charge in [0.1, 0.15) is 5.82 Å². The Morgan fingerprint density at radius 3 is 2.21 bits per heavy atom. The minimum Gasteiger partial charge on any atom is -0.307 e. The van der Waals surface area contributed by atoms with E-state index in [1.54, 1.807) is 0 Å². The molecule has 2 nitrogen and oxygen atoms in total. The highest BCUT2D eigenvalue weighted by molar-refractivity contribution is 5.19. The minimum atomic E-state index is -0.166. The quantitative estimate of drug-likeness (QED) is 0.897. The zero-order valence-corrected chi connectivity index (χ0v) is 12.2. The molecule has 1 heterocycles. The molecule has 106 valence electrons. The standard InChI is InChI=1S/C16H25FN2/c1-12(2)19-10-8-16(9-11-19)18-13(3)14-4-6-15(17)7-5-14/h4-7,12-13,16,18H,8-11H2,1-3H3. The van der Waals surface area contributed by atoms with Crippen LogP contribution in [0.2, 0.25) is 0 Å². The number of nitrogens with zero attached hydrogens (tertiary/aromatic N) is 1. The summed E-state index contributed by atoms with van der Waals surface area (Å²) in [5, 5.41) is 3.66. The van der Waals surface area contributed by atoms with Crippen molar-refractivity contribution in [3.63, 3.8) is 0 Å². The Balaban J connectivity index is 1.83. The van der Waals surface area contributed by atoms with Gasteiger partial charge in [0, 0.05) is 18.1 Å². The lowest BCUT2D eigenvalue weighted by Crippen LogP contribution is -2.45. The lowest BCUT2D eigenvalue weighted by atomic mass is 10.0. The van der Waals surface area contributed by atoms with Gasteiger partial charge < -0.3 is 10.2 Å². The van der Waals surface area contributed by atoms with Crippen LogP contribution in [-0.2, 0) is 0 Å². The summed E-state index contributed by atoms with van der Waals surface area (Å²) in [4.78, 5) is 2.53. The molecule has 1 aliphatic rings. The Kier molecular flexibility index (Phi) is 4.94. The third-order valence-corrected chi connectivity index (χ3v) is 4.12. The maximum Gasteiger partial charge on any atom is 0.123 e. The van der Waals surface area contributed by atoms with Gasteiger partial charge in [0.2, 0.25) is 0 Å². The van der Waals surface area contributed by atoms with E-state index in [-0.39, 0.29) is 11.9 Å². The van der Waals surface area contributed by atoms with E-state index in [9.17, 15) is 4.39 Å². The summed E-state index contributed by atoms with van der Waals surface area (Å²) in [7, 11) is 0. The molecule has 0 aliphatic carbocycles. The first kappa shape index (κ1) is 14.5. The first-order chi connectivity index (χ1) is 9.06. The normalized spacial score (nSPS) is 19.8. The minimum absolute atomic E-state index is 0.166. The third-order valence-electron chi connectivity index (χ3n) is 4.12. The molecule has 0 spiro atoms. The Labute approximate surface area is 116 Å². The average Bonchev–Trinajstić information content (AvgIpc) is 2.40. The van der Waals surface area contributed by atoms with Gasteiger partial charge in [-0.3, -0.25) is 0 Å². The van der Waals surface area contributed by atoms with Crippen LogP contribution in [0.25, 0.3) is 0 Å². The fourth-order valence-corrected chi connectivity index (χ4v) is 2.78. The van der Waals surface area contributed by atoms with Gasteiger partial charge in [0.05, 0.1) is 0 Å². The van der Waals surface area contributed by atoms with E-state index in [2.05, 4.69) is 31.0 Å². The summed E-state index contributed by atoms with van der Waals surface area (Å²) in [5.41, 5.74) is 1.16. The van der Waals surface area contributed by atoms with Gasteiger partial charge in [-0.15, -0.1) is 0 Å². The lowest BCUT2D eigenvalue weighted by Gasteiger charge is -2.36. The van der Waals surface area contributed by atoms with Crippen molar-refractivity contribution in [2.45, 2.75) is 51.7 Å². The van der Waals surface area contributed by atoms with Gasteiger partial charge in [-0.25, -0.2) is 4.39 Å². The van der Waals surface area contributed by atoms with Crippen LogP contribution in [-0.4, -0.2) is 30.1 Å². The van der Waals surface area contributed by atoms with Gasteiger partial charge in [0.25, 0.3) is 0 Å². The summed E-state index contributed by atoms with van der Waals surface area (Å²) in [6, 6.07) is 8.33. The number of nitrogens with one attached hydrogen (secondary N) is 1. The Morgan fingerprint density at radius 1 is 1.11 bits per heavy atom. The van der Waals surface area contributed by atoms with Gasteiger partial charge >= 0.3 is 0 Å². The number of hydrogen-bond acceptors (Lipinski definition) is 2. The van der Waals surface area contributed by atoms with E-state index in [1.165, 1.54) is 38.1 Å². The molecule has 1 unspecified atom stereocenters. The SMILES string of the molecule is CC(NC1CCN(C(C)C)CC1)c1ccc(F)cc1. The van der Waals surface area contributed by atoms with Crippen molar-refractivity contribution in [2.24, 2.45) is 0 Å². The molecule has 0 amide bonds.